The van der Waals surface area contributed by atoms with Crippen molar-refractivity contribution in [1.82, 2.24) is 9.71 Å². The van der Waals surface area contributed by atoms with E-state index >= 15 is 0 Å². The summed E-state index contributed by atoms with van der Waals surface area (Å²) in [5.41, 5.74) is 2.19. The Morgan fingerprint density at radius 1 is 1.17 bits per heavy atom. The topological polar surface area (TPSA) is 62.3 Å². The van der Waals surface area contributed by atoms with Crippen LogP contribution in [0, 0.1) is 12.8 Å². The van der Waals surface area contributed by atoms with Gasteiger partial charge in [0, 0.05) is 25.8 Å². The van der Waals surface area contributed by atoms with Crippen molar-refractivity contribution in [2.45, 2.75) is 24.7 Å². The van der Waals surface area contributed by atoms with Gasteiger partial charge in [0.05, 0.1) is 16.8 Å². The van der Waals surface area contributed by atoms with Crippen molar-refractivity contribution >= 4 is 15.7 Å². The van der Waals surface area contributed by atoms with Crippen molar-refractivity contribution in [1.29, 1.82) is 0 Å². The molecule has 0 atom stereocenters. The molecular weight excluding hydrogens is 322 g/mol. The fourth-order valence-corrected chi connectivity index (χ4v) is 4.08. The van der Waals surface area contributed by atoms with Crippen molar-refractivity contribution in [2.75, 3.05) is 24.5 Å². The highest BCUT2D eigenvalue weighted by Gasteiger charge is 2.22. The van der Waals surface area contributed by atoms with Gasteiger partial charge in [-0.25, -0.2) is 13.1 Å². The van der Waals surface area contributed by atoms with Crippen LogP contribution in [0.2, 0.25) is 0 Å². The summed E-state index contributed by atoms with van der Waals surface area (Å²) in [6, 6.07) is 11.0. The fraction of sp³-hybridized carbons (Fsp3) is 0.389. The average Bonchev–Trinajstić information content (AvgIpc) is 2.62. The maximum atomic E-state index is 12.3. The Hall–Kier alpha value is -1.92. The predicted molar refractivity (Wildman–Crippen MR) is 95.5 cm³/mol. The van der Waals surface area contributed by atoms with Crippen LogP contribution in [0.15, 0.2) is 53.7 Å². The van der Waals surface area contributed by atoms with E-state index in [1.54, 1.807) is 18.3 Å². The van der Waals surface area contributed by atoms with Gasteiger partial charge in [0.1, 0.15) is 0 Å². The van der Waals surface area contributed by atoms with Gasteiger partial charge in [-0.3, -0.25) is 4.98 Å². The molecule has 1 aromatic heterocycles. The Morgan fingerprint density at radius 2 is 1.88 bits per heavy atom. The molecule has 0 bridgehead atoms. The van der Waals surface area contributed by atoms with E-state index in [1.807, 2.05) is 31.3 Å². The highest BCUT2D eigenvalue weighted by Crippen LogP contribution is 2.22. The van der Waals surface area contributed by atoms with E-state index in [0.29, 0.717) is 17.4 Å². The first-order chi connectivity index (χ1) is 11.5. The molecule has 0 aliphatic carbocycles. The molecule has 2 aromatic rings. The molecule has 5 nitrogen and oxygen atoms in total. The van der Waals surface area contributed by atoms with Crippen molar-refractivity contribution in [3.05, 3.63) is 54.4 Å². The zero-order valence-corrected chi connectivity index (χ0v) is 14.7. The number of hydrogen-bond acceptors (Lipinski definition) is 4. The summed E-state index contributed by atoms with van der Waals surface area (Å²) >= 11 is 0. The number of pyridine rings is 1. The Labute approximate surface area is 143 Å². The third-order valence-corrected chi connectivity index (χ3v) is 5.96. The van der Waals surface area contributed by atoms with Crippen LogP contribution < -0.4 is 9.62 Å². The Morgan fingerprint density at radius 3 is 2.50 bits per heavy atom. The Bertz CT molecular complexity index is 753. The number of aryl methyl sites for hydroxylation is 1. The number of anilines is 1. The molecule has 1 saturated heterocycles. The highest BCUT2D eigenvalue weighted by molar-refractivity contribution is 7.89. The molecule has 1 aliphatic heterocycles. The second-order valence-corrected chi connectivity index (χ2v) is 8.07. The third-order valence-electron chi connectivity index (χ3n) is 4.52. The van der Waals surface area contributed by atoms with Crippen LogP contribution in [0.5, 0.6) is 0 Å². The largest absolute Gasteiger partial charge is 0.370 e. The molecule has 2 heterocycles. The van der Waals surface area contributed by atoms with E-state index in [1.165, 1.54) is 0 Å². The molecule has 0 radical (unpaired) electrons. The number of hydrogen-bond donors (Lipinski definition) is 1. The predicted octanol–water partition coefficient (Wildman–Crippen LogP) is 2.58. The quantitative estimate of drug-likeness (QED) is 0.905. The van der Waals surface area contributed by atoms with Gasteiger partial charge in [-0.15, -0.1) is 0 Å². The Kier molecular flexibility index (Phi) is 5.16. The van der Waals surface area contributed by atoms with Gasteiger partial charge < -0.3 is 4.90 Å². The second-order valence-electron chi connectivity index (χ2n) is 6.31. The smallest absolute Gasteiger partial charge is 0.240 e. The molecule has 0 amide bonds. The number of nitrogens with one attached hydrogen (secondary N) is 1. The van der Waals surface area contributed by atoms with Gasteiger partial charge in [0.2, 0.25) is 10.0 Å². The normalized spacial score (nSPS) is 16.3. The van der Waals surface area contributed by atoms with Gasteiger partial charge >= 0.3 is 0 Å². The molecule has 0 unspecified atom stereocenters. The summed E-state index contributed by atoms with van der Waals surface area (Å²) in [6.45, 7) is 4.31. The van der Waals surface area contributed by atoms with Crippen LogP contribution in [-0.4, -0.2) is 33.0 Å². The molecular formula is C18H23N3O2S. The van der Waals surface area contributed by atoms with Gasteiger partial charge in [-0.1, -0.05) is 17.7 Å². The monoisotopic (exact) mass is 345 g/mol. The van der Waals surface area contributed by atoms with Crippen molar-refractivity contribution in [2.24, 2.45) is 5.92 Å². The van der Waals surface area contributed by atoms with Crippen LogP contribution in [0.3, 0.4) is 0 Å². The average molecular weight is 345 g/mol. The lowest BCUT2D eigenvalue weighted by Crippen LogP contribution is -2.38. The maximum Gasteiger partial charge on any atom is 0.240 e. The second kappa shape index (κ2) is 7.32. The molecule has 1 fully saturated rings. The number of nitrogens with zero attached hydrogens (tertiary/aromatic N) is 2. The highest BCUT2D eigenvalue weighted by atomic mass is 32.2. The zero-order valence-electron chi connectivity index (χ0n) is 13.9. The van der Waals surface area contributed by atoms with Gasteiger partial charge in [0.15, 0.2) is 0 Å². The molecule has 0 saturated carbocycles. The van der Waals surface area contributed by atoms with E-state index in [4.69, 9.17) is 0 Å². The molecule has 1 aromatic carbocycles. The van der Waals surface area contributed by atoms with Crippen LogP contribution in [-0.2, 0) is 10.0 Å². The Balaban J connectivity index is 1.52. The first-order valence-corrected chi connectivity index (χ1v) is 9.74. The lowest BCUT2D eigenvalue weighted by Gasteiger charge is -2.33. The lowest BCUT2D eigenvalue weighted by atomic mass is 9.97. The van der Waals surface area contributed by atoms with Crippen molar-refractivity contribution in [3.63, 3.8) is 0 Å². The molecule has 1 N–H and O–H groups in total. The van der Waals surface area contributed by atoms with E-state index in [-0.39, 0.29) is 0 Å². The first kappa shape index (κ1) is 16.9. The molecule has 1 aliphatic rings. The number of aromatic nitrogens is 1. The summed E-state index contributed by atoms with van der Waals surface area (Å²) in [4.78, 5) is 6.79. The summed E-state index contributed by atoms with van der Waals surface area (Å²) in [5, 5.41) is 0. The minimum atomic E-state index is -3.42. The minimum absolute atomic E-state index is 0.334. The standard InChI is InChI=1S/C18H23N3O2S/c1-15-4-6-18(7-5-15)24(22,23)20-13-16-8-11-21(12-9-16)17-3-2-10-19-14-17/h2-7,10,14,16,20H,8-9,11-13H2,1H3. The fourth-order valence-electron chi connectivity index (χ4n) is 2.96. The minimum Gasteiger partial charge on any atom is -0.370 e. The number of benzene rings is 1. The summed E-state index contributed by atoms with van der Waals surface area (Å²) in [6.07, 6.45) is 5.60. The molecule has 6 heteroatoms. The van der Waals surface area contributed by atoms with Crippen LogP contribution in [0.4, 0.5) is 5.69 Å². The van der Waals surface area contributed by atoms with Gasteiger partial charge in [0.25, 0.3) is 0 Å². The molecule has 0 spiro atoms. The third kappa shape index (κ3) is 4.13. The van der Waals surface area contributed by atoms with E-state index in [9.17, 15) is 8.42 Å². The molecule has 24 heavy (non-hydrogen) atoms. The number of sulfonamides is 1. The van der Waals surface area contributed by atoms with Crippen LogP contribution >= 0.6 is 0 Å². The maximum absolute atomic E-state index is 12.3. The molecule has 128 valence electrons. The summed E-state index contributed by atoms with van der Waals surface area (Å²) in [7, 11) is -3.42. The number of piperidine rings is 1. The molecule has 3 rings (SSSR count). The van der Waals surface area contributed by atoms with E-state index < -0.39 is 10.0 Å². The summed E-state index contributed by atoms with van der Waals surface area (Å²) in [5.74, 6) is 0.373. The summed E-state index contributed by atoms with van der Waals surface area (Å²) < 4.78 is 27.4. The van der Waals surface area contributed by atoms with Crippen LogP contribution in [0.1, 0.15) is 18.4 Å². The van der Waals surface area contributed by atoms with E-state index in [2.05, 4.69) is 20.7 Å². The van der Waals surface area contributed by atoms with Crippen molar-refractivity contribution in [3.8, 4) is 0 Å². The zero-order chi connectivity index (χ0) is 17.0. The van der Waals surface area contributed by atoms with Crippen molar-refractivity contribution < 1.29 is 8.42 Å². The SMILES string of the molecule is Cc1ccc(S(=O)(=O)NCC2CCN(c3cccnc3)CC2)cc1. The lowest BCUT2D eigenvalue weighted by molar-refractivity contribution is 0.402. The number of rotatable bonds is 5. The van der Waals surface area contributed by atoms with Crippen LogP contribution in [0.25, 0.3) is 0 Å². The van der Waals surface area contributed by atoms with Gasteiger partial charge in [-0.2, -0.15) is 0 Å². The first-order valence-electron chi connectivity index (χ1n) is 8.26. The van der Waals surface area contributed by atoms with E-state index in [0.717, 1.165) is 37.2 Å². The van der Waals surface area contributed by atoms with Gasteiger partial charge in [-0.05, 0) is 49.9 Å².